The Hall–Kier alpha value is -2.60. The van der Waals surface area contributed by atoms with Crippen molar-refractivity contribution in [2.24, 2.45) is 0 Å². The molecule has 1 saturated heterocycles. The summed E-state index contributed by atoms with van der Waals surface area (Å²) in [5.41, 5.74) is 0.973. The van der Waals surface area contributed by atoms with E-state index >= 15 is 0 Å². The number of hydrogen-bond donors (Lipinski definition) is 1. The van der Waals surface area contributed by atoms with Gasteiger partial charge in [-0.3, -0.25) is 4.79 Å². The second-order valence-corrected chi connectivity index (χ2v) is 4.97. The van der Waals surface area contributed by atoms with Crippen LogP contribution >= 0.6 is 0 Å². The Bertz CT molecular complexity index is 679. The van der Waals surface area contributed by atoms with Gasteiger partial charge < -0.3 is 19.2 Å². The van der Waals surface area contributed by atoms with Crippen molar-refractivity contribution in [3.63, 3.8) is 0 Å². The highest BCUT2D eigenvalue weighted by molar-refractivity contribution is 5.93. The van der Waals surface area contributed by atoms with Crippen LogP contribution in [-0.4, -0.2) is 41.6 Å². The minimum Gasteiger partial charge on any atom is -0.475 e. The number of hydrogen-bond acceptors (Lipinski definition) is 4. The Balaban J connectivity index is 1.86. The highest BCUT2D eigenvalue weighted by Crippen LogP contribution is 2.26. The van der Waals surface area contributed by atoms with Crippen LogP contribution in [0.2, 0.25) is 0 Å². The Labute approximate surface area is 126 Å². The smallest absolute Gasteiger partial charge is 0.371 e. The molecule has 22 heavy (non-hydrogen) atoms. The topological polar surface area (TPSA) is 80.0 Å². The predicted molar refractivity (Wildman–Crippen MR) is 76.7 cm³/mol. The number of amides is 1. The number of ether oxygens (including phenoxy) is 1. The number of nitrogens with zero attached hydrogens (tertiary/aromatic N) is 1. The van der Waals surface area contributed by atoms with Gasteiger partial charge in [0.25, 0.3) is 5.91 Å². The molecule has 2 aromatic rings. The van der Waals surface area contributed by atoms with Gasteiger partial charge in [-0.2, -0.15) is 0 Å². The highest BCUT2D eigenvalue weighted by Gasteiger charge is 2.31. The van der Waals surface area contributed by atoms with E-state index in [1.165, 1.54) is 12.1 Å². The number of carboxylic acid groups (broad SMARTS) is 1. The maximum atomic E-state index is 12.6. The molecule has 3 rings (SSSR count). The van der Waals surface area contributed by atoms with Gasteiger partial charge in [0.2, 0.25) is 5.76 Å². The van der Waals surface area contributed by atoms with Crippen LogP contribution < -0.4 is 0 Å². The lowest BCUT2D eigenvalue weighted by atomic mass is 10.0. The van der Waals surface area contributed by atoms with Crippen LogP contribution in [0.25, 0.3) is 0 Å². The lowest BCUT2D eigenvalue weighted by Gasteiger charge is -2.35. The number of rotatable bonds is 3. The van der Waals surface area contributed by atoms with Crippen molar-refractivity contribution in [3.8, 4) is 0 Å². The van der Waals surface area contributed by atoms with Crippen LogP contribution in [0.15, 0.2) is 46.9 Å². The molecule has 0 bridgehead atoms. The minimum absolute atomic E-state index is 0.0280. The van der Waals surface area contributed by atoms with Crippen LogP contribution in [0.4, 0.5) is 0 Å². The van der Waals surface area contributed by atoms with E-state index in [0.717, 1.165) is 5.56 Å². The summed E-state index contributed by atoms with van der Waals surface area (Å²) in [6.45, 7) is 1.28. The molecule has 1 N–H and O–H groups in total. The molecule has 6 heteroatoms. The molecule has 0 radical (unpaired) electrons. The predicted octanol–water partition coefficient (Wildman–Crippen LogP) is 2.19. The van der Waals surface area contributed by atoms with Gasteiger partial charge in [0, 0.05) is 6.54 Å². The summed E-state index contributed by atoms with van der Waals surface area (Å²) < 4.78 is 10.6. The first-order chi connectivity index (χ1) is 10.7. The van der Waals surface area contributed by atoms with Crippen LogP contribution in [0, 0.1) is 0 Å². The van der Waals surface area contributed by atoms with Crippen molar-refractivity contribution in [1.29, 1.82) is 0 Å². The zero-order valence-corrected chi connectivity index (χ0v) is 11.8. The summed E-state index contributed by atoms with van der Waals surface area (Å²) in [5, 5.41) is 8.88. The molecule has 0 spiro atoms. The lowest BCUT2D eigenvalue weighted by molar-refractivity contribution is -0.00434. The average Bonchev–Trinajstić information content (AvgIpc) is 3.05. The number of carbonyl (C=O) groups is 2. The minimum atomic E-state index is -1.19. The zero-order chi connectivity index (χ0) is 15.5. The number of benzene rings is 1. The van der Waals surface area contributed by atoms with E-state index in [0.29, 0.717) is 19.8 Å². The van der Waals surface area contributed by atoms with Gasteiger partial charge in [0.05, 0.1) is 19.3 Å². The Morgan fingerprint density at radius 3 is 2.50 bits per heavy atom. The van der Waals surface area contributed by atoms with E-state index in [2.05, 4.69) is 0 Å². The fourth-order valence-corrected chi connectivity index (χ4v) is 2.51. The van der Waals surface area contributed by atoms with Gasteiger partial charge in [-0.25, -0.2) is 4.79 Å². The fraction of sp³-hybridized carbons (Fsp3) is 0.250. The van der Waals surface area contributed by atoms with Gasteiger partial charge in [0.15, 0.2) is 5.76 Å². The Kier molecular flexibility index (Phi) is 3.93. The van der Waals surface area contributed by atoms with Gasteiger partial charge in [0.1, 0.15) is 0 Å². The Morgan fingerprint density at radius 2 is 1.82 bits per heavy atom. The van der Waals surface area contributed by atoms with Crippen molar-refractivity contribution in [1.82, 2.24) is 4.90 Å². The van der Waals surface area contributed by atoms with Crippen molar-refractivity contribution in [2.45, 2.75) is 6.04 Å². The SMILES string of the molecule is O=C(O)c1ccc(C(=O)N2CCOC[C@@H]2c2ccccc2)o1. The van der Waals surface area contributed by atoms with Crippen LogP contribution in [0.3, 0.4) is 0 Å². The molecule has 0 aliphatic carbocycles. The highest BCUT2D eigenvalue weighted by atomic mass is 16.5. The van der Waals surface area contributed by atoms with Gasteiger partial charge in [-0.05, 0) is 17.7 Å². The van der Waals surface area contributed by atoms with E-state index in [-0.39, 0.29) is 23.5 Å². The maximum Gasteiger partial charge on any atom is 0.371 e. The molecule has 1 aliphatic rings. The molecular formula is C16H15NO5. The number of carbonyl (C=O) groups excluding carboxylic acids is 1. The molecule has 1 aromatic carbocycles. The molecule has 0 unspecified atom stereocenters. The molecule has 1 fully saturated rings. The quantitative estimate of drug-likeness (QED) is 0.940. The molecule has 1 atom stereocenters. The fourth-order valence-electron chi connectivity index (χ4n) is 2.51. The zero-order valence-electron chi connectivity index (χ0n) is 11.8. The summed E-state index contributed by atoms with van der Waals surface area (Å²) in [6.07, 6.45) is 0. The monoisotopic (exact) mass is 301 g/mol. The van der Waals surface area contributed by atoms with E-state index in [9.17, 15) is 9.59 Å². The van der Waals surface area contributed by atoms with Crippen molar-refractivity contribution in [3.05, 3.63) is 59.5 Å². The van der Waals surface area contributed by atoms with Gasteiger partial charge in [-0.15, -0.1) is 0 Å². The molecule has 1 aliphatic heterocycles. The second-order valence-electron chi connectivity index (χ2n) is 4.97. The summed E-state index contributed by atoms with van der Waals surface area (Å²) in [6, 6.07) is 12.1. The summed E-state index contributed by atoms with van der Waals surface area (Å²) in [7, 11) is 0. The maximum absolute atomic E-state index is 12.6. The third-order valence-corrected chi connectivity index (χ3v) is 3.60. The molecule has 2 heterocycles. The summed E-state index contributed by atoms with van der Waals surface area (Å²) in [5.74, 6) is -1.74. The Morgan fingerprint density at radius 1 is 1.09 bits per heavy atom. The molecule has 1 aromatic heterocycles. The molecular weight excluding hydrogens is 286 g/mol. The van der Waals surface area contributed by atoms with Crippen LogP contribution in [0.5, 0.6) is 0 Å². The lowest BCUT2D eigenvalue weighted by Crippen LogP contribution is -2.43. The van der Waals surface area contributed by atoms with E-state index < -0.39 is 5.97 Å². The third kappa shape index (κ3) is 2.73. The summed E-state index contributed by atoms with van der Waals surface area (Å²) in [4.78, 5) is 25.1. The molecule has 1 amide bonds. The van der Waals surface area contributed by atoms with E-state index in [1.807, 2.05) is 30.3 Å². The summed E-state index contributed by atoms with van der Waals surface area (Å²) >= 11 is 0. The number of morpholine rings is 1. The normalized spacial score (nSPS) is 18.2. The molecule has 6 nitrogen and oxygen atoms in total. The van der Waals surface area contributed by atoms with Gasteiger partial charge in [-0.1, -0.05) is 30.3 Å². The van der Waals surface area contributed by atoms with Crippen LogP contribution in [0.1, 0.15) is 32.7 Å². The third-order valence-electron chi connectivity index (χ3n) is 3.60. The van der Waals surface area contributed by atoms with Crippen molar-refractivity contribution < 1.29 is 23.8 Å². The first-order valence-electron chi connectivity index (χ1n) is 6.93. The van der Waals surface area contributed by atoms with Crippen molar-refractivity contribution >= 4 is 11.9 Å². The first kappa shape index (κ1) is 14.3. The number of carboxylic acids is 1. The first-order valence-corrected chi connectivity index (χ1v) is 6.93. The second kappa shape index (κ2) is 6.03. The standard InChI is InChI=1S/C16H15NO5/c18-15(13-6-7-14(22-13)16(19)20)17-8-9-21-10-12(17)11-4-2-1-3-5-11/h1-7,12H,8-10H2,(H,19,20)/t12-/m1/s1. The van der Waals surface area contributed by atoms with Gasteiger partial charge >= 0.3 is 5.97 Å². The average molecular weight is 301 g/mol. The largest absolute Gasteiger partial charge is 0.475 e. The van der Waals surface area contributed by atoms with E-state index in [4.69, 9.17) is 14.3 Å². The molecule has 0 saturated carbocycles. The van der Waals surface area contributed by atoms with Crippen molar-refractivity contribution in [2.75, 3.05) is 19.8 Å². The number of aromatic carboxylic acids is 1. The number of furan rings is 1. The molecule has 114 valence electrons. The van der Waals surface area contributed by atoms with E-state index in [1.54, 1.807) is 4.90 Å². The van der Waals surface area contributed by atoms with Crippen LogP contribution in [-0.2, 0) is 4.74 Å².